The van der Waals surface area contributed by atoms with E-state index in [1.807, 2.05) is 38.4 Å². The van der Waals surface area contributed by atoms with E-state index < -0.39 is 15.3 Å². The summed E-state index contributed by atoms with van der Waals surface area (Å²) in [6.07, 6.45) is 12.5. The Bertz CT molecular complexity index is 1890. The SMILES string of the molecule is C=S1(=O)NC(=O)c2ccc3c(c2)N(C[C@@H]2CC[C@H]2[C@@](CN2CCN4NNC=C4C2)(OC)/C=C/C[C@H](C)[C@H]1C)C[C@@]1(CCCc2cc(Cl)ccc21)CO3. The number of piperazine rings is 1. The number of nitrogens with zero attached hydrogens (tertiary/aromatic N) is 3. The molecule has 1 saturated carbocycles. The van der Waals surface area contributed by atoms with Gasteiger partial charge in [-0.3, -0.25) is 19.4 Å². The van der Waals surface area contributed by atoms with Crippen LogP contribution in [-0.2, 0) is 26.3 Å². The Labute approximate surface area is 314 Å². The van der Waals surface area contributed by atoms with Gasteiger partial charge in [-0.1, -0.05) is 36.7 Å². The summed E-state index contributed by atoms with van der Waals surface area (Å²) in [7, 11) is -1.09. The van der Waals surface area contributed by atoms with Crippen molar-refractivity contribution in [2.45, 2.75) is 68.6 Å². The van der Waals surface area contributed by atoms with Crippen molar-refractivity contribution in [3.63, 3.8) is 0 Å². The van der Waals surface area contributed by atoms with E-state index >= 15 is 0 Å². The van der Waals surface area contributed by atoms with Crippen molar-refractivity contribution in [1.82, 2.24) is 25.6 Å². The van der Waals surface area contributed by atoms with Crippen LogP contribution in [-0.4, -0.2) is 89.7 Å². The van der Waals surface area contributed by atoms with Crippen molar-refractivity contribution in [2.24, 2.45) is 17.8 Å². The normalized spacial score (nSPS) is 35.5. The van der Waals surface area contributed by atoms with Crippen LogP contribution in [0.2, 0.25) is 5.02 Å². The fourth-order valence-electron chi connectivity index (χ4n) is 9.61. The van der Waals surface area contributed by atoms with Crippen LogP contribution >= 0.6 is 11.6 Å². The molecule has 1 unspecified atom stereocenters. The van der Waals surface area contributed by atoms with Crippen molar-refractivity contribution in [1.29, 1.82) is 0 Å². The first-order valence-electron chi connectivity index (χ1n) is 18.9. The van der Waals surface area contributed by atoms with E-state index in [2.05, 4.69) is 67.6 Å². The van der Waals surface area contributed by atoms with E-state index in [-0.39, 0.29) is 28.4 Å². The van der Waals surface area contributed by atoms with Crippen LogP contribution in [0.5, 0.6) is 5.75 Å². The summed E-state index contributed by atoms with van der Waals surface area (Å²) in [5.74, 6) is 5.13. The topological polar surface area (TPSA) is 98.4 Å². The van der Waals surface area contributed by atoms with Crippen LogP contribution in [0.4, 0.5) is 5.69 Å². The Morgan fingerprint density at radius 2 is 2.02 bits per heavy atom. The van der Waals surface area contributed by atoms with Gasteiger partial charge in [-0.05, 0) is 111 Å². The lowest BCUT2D eigenvalue weighted by Crippen LogP contribution is -2.59. The summed E-state index contributed by atoms with van der Waals surface area (Å²) in [5.41, 5.74) is 10.8. The number of carbonyl (C=O) groups excluding carboxylic acids is 1. The number of aryl methyl sites for hydroxylation is 1. The molecule has 2 bridgehead atoms. The van der Waals surface area contributed by atoms with Crippen LogP contribution in [0.25, 0.3) is 0 Å². The van der Waals surface area contributed by atoms with Crippen LogP contribution in [0.3, 0.4) is 0 Å². The average molecular weight is 749 g/mol. The Balaban J connectivity index is 1.20. The molecule has 52 heavy (non-hydrogen) atoms. The predicted molar refractivity (Wildman–Crippen MR) is 209 cm³/mol. The highest BCUT2D eigenvalue weighted by atomic mass is 35.5. The van der Waals surface area contributed by atoms with Gasteiger partial charge in [-0.2, -0.15) is 0 Å². The van der Waals surface area contributed by atoms with Crippen molar-refractivity contribution in [3.8, 4) is 5.75 Å². The van der Waals surface area contributed by atoms with Crippen LogP contribution < -0.4 is 25.3 Å². The molecule has 2 aromatic rings. The number of ether oxygens (including phenoxy) is 2. The molecule has 3 N–H and O–H groups in total. The molecular formula is C40H53ClN6O4S. The summed E-state index contributed by atoms with van der Waals surface area (Å²) < 4.78 is 30.3. The number of anilines is 1. The monoisotopic (exact) mass is 748 g/mol. The fraction of sp³-hybridized carbons (Fsp3) is 0.550. The second kappa shape index (κ2) is 13.9. The molecule has 4 heterocycles. The van der Waals surface area contributed by atoms with Gasteiger partial charge in [0.2, 0.25) is 0 Å². The van der Waals surface area contributed by atoms with E-state index in [1.165, 1.54) is 16.8 Å². The molecule has 7 atom stereocenters. The quantitative estimate of drug-likeness (QED) is 0.295. The minimum absolute atomic E-state index is 0.0194. The van der Waals surface area contributed by atoms with E-state index in [0.29, 0.717) is 24.5 Å². The van der Waals surface area contributed by atoms with Gasteiger partial charge in [0.1, 0.15) is 11.4 Å². The maximum Gasteiger partial charge on any atom is 0.262 e. The minimum atomic E-state index is -2.96. The molecule has 2 aromatic carbocycles. The summed E-state index contributed by atoms with van der Waals surface area (Å²) in [4.78, 5) is 18.8. The third-order valence-corrected chi connectivity index (χ3v) is 15.5. The zero-order valence-corrected chi connectivity index (χ0v) is 32.2. The first-order valence-corrected chi connectivity index (χ1v) is 21.1. The highest BCUT2D eigenvalue weighted by Gasteiger charge is 2.50. The first-order chi connectivity index (χ1) is 25.0. The number of allylic oxidation sites excluding steroid dienone is 1. The molecule has 8 rings (SSSR count). The number of nitrogens with one attached hydrogen (secondary N) is 3. The van der Waals surface area contributed by atoms with Crippen molar-refractivity contribution >= 4 is 38.8 Å². The number of hydrogen-bond donors (Lipinski definition) is 3. The molecule has 280 valence electrons. The van der Waals surface area contributed by atoms with Crippen molar-refractivity contribution < 1.29 is 18.5 Å². The Kier molecular flexibility index (Phi) is 9.56. The van der Waals surface area contributed by atoms with Gasteiger partial charge in [0.15, 0.2) is 0 Å². The molecule has 2 fully saturated rings. The maximum atomic E-state index is 14.0. The third-order valence-electron chi connectivity index (χ3n) is 13.0. The zero-order chi connectivity index (χ0) is 36.3. The smallest absolute Gasteiger partial charge is 0.262 e. The number of benzene rings is 2. The average Bonchev–Trinajstić information content (AvgIpc) is 3.53. The second-order valence-corrected chi connectivity index (χ2v) is 19.0. The number of methoxy groups -OCH3 is 1. The first kappa shape index (κ1) is 35.8. The Morgan fingerprint density at radius 3 is 2.83 bits per heavy atom. The highest BCUT2D eigenvalue weighted by molar-refractivity contribution is 7.99. The number of hydrazine groups is 2. The van der Waals surface area contributed by atoms with Gasteiger partial charge in [0, 0.05) is 73.8 Å². The van der Waals surface area contributed by atoms with Crippen molar-refractivity contribution in [3.05, 3.63) is 82.2 Å². The Hall–Kier alpha value is -3.22. The number of amides is 1. The molecule has 2 aliphatic carbocycles. The van der Waals surface area contributed by atoms with Crippen LogP contribution in [0, 0.1) is 17.8 Å². The van der Waals surface area contributed by atoms with E-state index in [1.54, 1.807) is 6.07 Å². The Morgan fingerprint density at radius 1 is 1.15 bits per heavy atom. The van der Waals surface area contributed by atoms with Gasteiger partial charge >= 0.3 is 0 Å². The fourth-order valence-corrected chi connectivity index (χ4v) is 11.3. The van der Waals surface area contributed by atoms with Crippen LogP contribution in [0.15, 0.2) is 60.4 Å². The molecule has 10 nitrogen and oxygen atoms in total. The zero-order valence-electron chi connectivity index (χ0n) is 30.7. The number of hydrogen-bond acceptors (Lipinski definition) is 9. The number of halogens is 1. The molecular weight excluding hydrogens is 696 g/mol. The highest BCUT2D eigenvalue weighted by Crippen LogP contribution is 2.49. The molecule has 1 amide bonds. The molecule has 12 heteroatoms. The van der Waals surface area contributed by atoms with Gasteiger partial charge < -0.3 is 19.8 Å². The molecule has 1 spiro atoms. The summed E-state index contributed by atoms with van der Waals surface area (Å²) in [6.45, 7) is 9.55. The molecule has 0 aromatic heterocycles. The van der Waals surface area contributed by atoms with Gasteiger partial charge in [-0.15, -0.1) is 5.53 Å². The molecule has 4 aliphatic heterocycles. The molecule has 0 radical (unpaired) electrons. The lowest BCUT2D eigenvalue weighted by Gasteiger charge is -2.52. The summed E-state index contributed by atoms with van der Waals surface area (Å²) in [6, 6.07) is 12.0. The molecule has 1 saturated heterocycles. The second-order valence-electron chi connectivity index (χ2n) is 16.1. The van der Waals surface area contributed by atoms with Crippen molar-refractivity contribution in [2.75, 3.05) is 57.9 Å². The van der Waals surface area contributed by atoms with E-state index in [4.69, 9.17) is 21.1 Å². The third kappa shape index (κ3) is 6.50. The standard InChI is InChI=1S/C40H53ClN6O4S/c1-27-7-5-16-40(50-3,25-45-17-18-47-33(23-45)21-42-44-47)35-12-9-31(35)22-46-24-39(15-6-8-29-19-32(41)11-13-34(29)39)26-51-37-14-10-30(20-36(37)46)38(48)43-52(4,49)28(27)2/h5,10-11,13-14,16,19-21,27-28,31,35,42,44H,4,6-9,12,15,17-18,22-26H2,1-3H3,(H,43,48,49)/b16-5+/t27-,28+,31-,35+,39-,40+,52?/m0/s1. The lowest BCUT2D eigenvalue weighted by atomic mass is 9.63. The van der Waals surface area contributed by atoms with E-state index in [9.17, 15) is 9.00 Å². The summed E-state index contributed by atoms with van der Waals surface area (Å²) in [5, 5.41) is 2.60. The maximum absolute atomic E-state index is 14.0. The number of rotatable bonds is 3. The summed E-state index contributed by atoms with van der Waals surface area (Å²) >= 11 is 6.52. The number of carbonyl (C=O) groups is 1. The van der Waals surface area contributed by atoms with Gasteiger partial charge in [0.25, 0.3) is 5.91 Å². The lowest BCUT2D eigenvalue weighted by molar-refractivity contribution is -0.0938. The van der Waals surface area contributed by atoms with E-state index in [0.717, 1.165) is 87.8 Å². The van der Waals surface area contributed by atoms with Gasteiger partial charge in [-0.25, -0.2) is 4.21 Å². The largest absolute Gasteiger partial charge is 0.490 e. The predicted octanol–water partition coefficient (Wildman–Crippen LogP) is 5.05. The minimum Gasteiger partial charge on any atom is -0.490 e. The van der Waals surface area contributed by atoms with Gasteiger partial charge in [0.05, 0.1) is 27.7 Å². The number of fused-ring (bicyclic) bond motifs is 5. The molecule has 6 aliphatic rings. The van der Waals surface area contributed by atoms with Crippen LogP contribution in [0.1, 0.15) is 67.4 Å².